The smallest absolute Gasteiger partial charge is 0.237 e. The van der Waals surface area contributed by atoms with Gasteiger partial charge in [-0.3, -0.25) is 4.79 Å². The molecule has 2 heterocycles. The fourth-order valence-electron chi connectivity index (χ4n) is 2.20. The van der Waals surface area contributed by atoms with E-state index in [2.05, 4.69) is 34.4 Å². The maximum Gasteiger partial charge on any atom is 0.237 e. The van der Waals surface area contributed by atoms with E-state index in [0.717, 1.165) is 25.9 Å². The predicted molar refractivity (Wildman–Crippen MR) is 71.2 cm³/mol. The van der Waals surface area contributed by atoms with Crippen LogP contribution >= 0.6 is 11.3 Å². The van der Waals surface area contributed by atoms with Gasteiger partial charge in [-0.15, -0.1) is 0 Å². The van der Waals surface area contributed by atoms with E-state index < -0.39 is 0 Å². The number of nitrogens with one attached hydrogen (secondary N) is 2. The Labute approximate surface area is 107 Å². The average molecular weight is 252 g/mol. The number of amides is 1. The Morgan fingerprint density at radius 2 is 2.53 bits per heavy atom. The largest absolute Gasteiger partial charge is 0.354 e. The van der Waals surface area contributed by atoms with Crippen molar-refractivity contribution < 1.29 is 4.79 Å². The van der Waals surface area contributed by atoms with E-state index in [9.17, 15) is 4.79 Å². The standard InChI is InChI=1S/C13H20N2OS/c1-10-2-5-14-12(8-10)13(16)15-6-3-11-4-7-17-9-11/h4,7,9-10,12,14H,2-3,5-6,8H2,1H3,(H,15,16). The van der Waals surface area contributed by atoms with Crippen molar-refractivity contribution in [3.63, 3.8) is 0 Å². The minimum atomic E-state index is 0.0150. The molecule has 2 N–H and O–H groups in total. The van der Waals surface area contributed by atoms with E-state index in [1.807, 2.05) is 0 Å². The summed E-state index contributed by atoms with van der Waals surface area (Å²) in [5.41, 5.74) is 1.31. The molecule has 0 bridgehead atoms. The Bertz CT molecular complexity index is 350. The van der Waals surface area contributed by atoms with Crippen molar-refractivity contribution in [3.8, 4) is 0 Å². The molecule has 0 aromatic carbocycles. The molecule has 0 saturated carbocycles. The number of hydrogen-bond acceptors (Lipinski definition) is 3. The molecule has 1 aromatic heterocycles. The normalized spacial score (nSPS) is 24.5. The van der Waals surface area contributed by atoms with E-state index in [0.29, 0.717) is 5.92 Å². The lowest BCUT2D eigenvalue weighted by Gasteiger charge is -2.27. The molecule has 1 saturated heterocycles. The lowest BCUT2D eigenvalue weighted by Crippen LogP contribution is -2.48. The third-order valence-electron chi connectivity index (χ3n) is 3.28. The molecule has 94 valence electrons. The Kier molecular flexibility index (Phi) is 4.57. The van der Waals surface area contributed by atoms with Crippen molar-refractivity contribution >= 4 is 17.2 Å². The van der Waals surface area contributed by atoms with Gasteiger partial charge >= 0.3 is 0 Å². The Morgan fingerprint density at radius 1 is 1.65 bits per heavy atom. The van der Waals surface area contributed by atoms with Crippen LogP contribution in [-0.4, -0.2) is 25.0 Å². The van der Waals surface area contributed by atoms with Crippen molar-refractivity contribution in [2.45, 2.75) is 32.2 Å². The fraction of sp³-hybridized carbons (Fsp3) is 0.615. The minimum Gasteiger partial charge on any atom is -0.354 e. The van der Waals surface area contributed by atoms with Gasteiger partial charge in [-0.25, -0.2) is 0 Å². The van der Waals surface area contributed by atoms with E-state index in [1.165, 1.54) is 12.0 Å². The van der Waals surface area contributed by atoms with Gasteiger partial charge in [0, 0.05) is 6.54 Å². The number of piperidine rings is 1. The number of carbonyl (C=O) groups is 1. The molecule has 2 rings (SSSR count). The quantitative estimate of drug-likeness (QED) is 0.858. The zero-order valence-corrected chi connectivity index (χ0v) is 11.1. The van der Waals surface area contributed by atoms with Gasteiger partial charge in [0.25, 0.3) is 0 Å². The molecule has 1 fully saturated rings. The summed E-state index contributed by atoms with van der Waals surface area (Å²) >= 11 is 1.70. The zero-order chi connectivity index (χ0) is 12.1. The molecule has 3 nitrogen and oxygen atoms in total. The molecule has 4 heteroatoms. The molecule has 2 atom stereocenters. The maximum absolute atomic E-state index is 11.9. The third-order valence-corrected chi connectivity index (χ3v) is 4.01. The first-order valence-corrected chi connectivity index (χ1v) is 7.22. The van der Waals surface area contributed by atoms with Crippen LogP contribution in [0.5, 0.6) is 0 Å². The van der Waals surface area contributed by atoms with E-state index in [1.54, 1.807) is 11.3 Å². The van der Waals surface area contributed by atoms with Crippen LogP contribution in [0.25, 0.3) is 0 Å². The highest BCUT2D eigenvalue weighted by Crippen LogP contribution is 2.14. The molecular formula is C13H20N2OS. The first-order valence-electron chi connectivity index (χ1n) is 6.28. The summed E-state index contributed by atoms with van der Waals surface area (Å²) in [6, 6.07) is 2.12. The molecule has 1 aliphatic heterocycles. The summed E-state index contributed by atoms with van der Waals surface area (Å²) < 4.78 is 0. The number of carbonyl (C=O) groups excluding carboxylic acids is 1. The highest BCUT2D eigenvalue weighted by Gasteiger charge is 2.23. The van der Waals surface area contributed by atoms with Gasteiger partial charge < -0.3 is 10.6 Å². The van der Waals surface area contributed by atoms with E-state index >= 15 is 0 Å². The molecule has 0 radical (unpaired) electrons. The van der Waals surface area contributed by atoms with Gasteiger partial charge in [0.05, 0.1) is 6.04 Å². The molecule has 2 unspecified atom stereocenters. The molecule has 17 heavy (non-hydrogen) atoms. The second kappa shape index (κ2) is 6.17. The maximum atomic E-state index is 11.9. The average Bonchev–Trinajstić information content (AvgIpc) is 2.82. The summed E-state index contributed by atoms with van der Waals surface area (Å²) in [6.07, 6.45) is 3.07. The Hall–Kier alpha value is -0.870. The topological polar surface area (TPSA) is 41.1 Å². The van der Waals surface area contributed by atoms with Gasteiger partial charge in [0.15, 0.2) is 0 Å². The van der Waals surface area contributed by atoms with Crippen molar-refractivity contribution in [1.29, 1.82) is 0 Å². The molecule has 1 aliphatic rings. The summed E-state index contributed by atoms with van der Waals surface area (Å²) in [5.74, 6) is 0.815. The Morgan fingerprint density at radius 3 is 3.24 bits per heavy atom. The van der Waals surface area contributed by atoms with Gasteiger partial charge in [-0.05, 0) is 54.1 Å². The van der Waals surface area contributed by atoms with Crippen molar-refractivity contribution in [1.82, 2.24) is 10.6 Å². The van der Waals surface area contributed by atoms with Crippen LogP contribution < -0.4 is 10.6 Å². The number of hydrogen-bond donors (Lipinski definition) is 2. The van der Waals surface area contributed by atoms with Gasteiger partial charge in [-0.2, -0.15) is 11.3 Å². The second-order valence-corrected chi connectivity index (χ2v) is 5.59. The first-order chi connectivity index (χ1) is 8.25. The van der Waals surface area contributed by atoms with Crippen molar-refractivity contribution in [2.75, 3.05) is 13.1 Å². The SMILES string of the molecule is CC1CCNC(C(=O)NCCc2ccsc2)C1. The van der Waals surface area contributed by atoms with Crippen LogP contribution in [0, 0.1) is 5.92 Å². The summed E-state index contributed by atoms with van der Waals surface area (Å²) in [5, 5.41) is 10.5. The van der Waals surface area contributed by atoms with Crippen LogP contribution in [-0.2, 0) is 11.2 Å². The van der Waals surface area contributed by atoms with Crippen molar-refractivity contribution in [3.05, 3.63) is 22.4 Å². The third kappa shape index (κ3) is 3.82. The number of rotatable bonds is 4. The minimum absolute atomic E-state index is 0.0150. The monoisotopic (exact) mass is 252 g/mol. The zero-order valence-electron chi connectivity index (χ0n) is 10.2. The summed E-state index contributed by atoms with van der Waals surface area (Å²) in [7, 11) is 0. The Balaban J connectivity index is 1.70. The van der Waals surface area contributed by atoms with Crippen LogP contribution in [0.15, 0.2) is 16.8 Å². The molecule has 1 aromatic rings. The fourth-order valence-corrected chi connectivity index (χ4v) is 2.90. The summed E-state index contributed by atoms with van der Waals surface area (Å²) in [6.45, 7) is 3.92. The summed E-state index contributed by atoms with van der Waals surface area (Å²) in [4.78, 5) is 11.9. The first kappa shape index (κ1) is 12.6. The molecule has 0 aliphatic carbocycles. The highest BCUT2D eigenvalue weighted by atomic mass is 32.1. The second-order valence-electron chi connectivity index (χ2n) is 4.81. The molecule has 0 spiro atoms. The van der Waals surface area contributed by atoms with Gasteiger partial charge in [0.2, 0.25) is 5.91 Å². The van der Waals surface area contributed by atoms with Gasteiger partial charge in [0.1, 0.15) is 0 Å². The highest BCUT2D eigenvalue weighted by molar-refractivity contribution is 7.07. The lowest BCUT2D eigenvalue weighted by atomic mass is 9.94. The number of thiophene rings is 1. The molecule has 1 amide bonds. The van der Waals surface area contributed by atoms with Gasteiger partial charge in [-0.1, -0.05) is 6.92 Å². The van der Waals surface area contributed by atoms with Crippen LogP contribution in [0.4, 0.5) is 0 Å². The predicted octanol–water partition coefficient (Wildman–Crippen LogP) is 1.79. The van der Waals surface area contributed by atoms with Crippen LogP contribution in [0.1, 0.15) is 25.3 Å². The van der Waals surface area contributed by atoms with E-state index in [4.69, 9.17) is 0 Å². The van der Waals surface area contributed by atoms with Crippen LogP contribution in [0.2, 0.25) is 0 Å². The van der Waals surface area contributed by atoms with Crippen molar-refractivity contribution in [2.24, 2.45) is 5.92 Å². The lowest BCUT2D eigenvalue weighted by molar-refractivity contribution is -0.123. The molecular weight excluding hydrogens is 232 g/mol. The van der Waals surface area contributed by atoms with Crippen LogP contribution in [0.3, 0.4) is 0 Å². The van der Waals surface area contributed by atoms with E-state index in [-0.39, 0.29) is 11.9 Å².